The van der Waals surface area contributed by atoms with E-state index in [1.807, 2.05) is 38.1 Å². The molecule has 0 unspecified atom stereocenters. The highest BCUT2D eigenvalue weighted by Gasteiger charge is 2.24. The molecule has 1 aromatic carbocycles. The van der Waals surface area contributed by atoms with Gasteiger partial charge in [0, 0.05) is 53.5 Å². The summed E-state index contributed by atoms with van der Waals surface area (Å²) in [5.74, 6) is -0.191. The Bertz CT molecular complexity index is 1250. The lowest BCUT2D eigenvalue weighted by Gasteiger charge is -2.39. The molecular formula is C27H36ClN5O2. The van der Waals surface area contributed by atoms with Gasteiger partial charge in [0.25, 0.3) is 5.56 Å². The molecule has 188 valence electrons. The third kappa shape index (κ3) is 5.46. The summed E-state index contributed by atoms with van der Waals surface area (Å²) in [5, 5.41) is 9.37. The molecule has 0 spiro atoms. The van der Waals surface area contributed by atoms with E-state index in [-0.39, 0.29) is 18.0 Å². The molecule has 1 fully saturated rings. The van der Waals surface area contributed by atoms with Crippen LogP contribution in [-0.4, -0.2) is 50.3 Å². The fourth-order valence-electron chi connectivity index (χ4n) is 5.39. The van der Waals surface area contributed by atoms with Crippen LogP contribution < -0.4 is 10.9 Å². The maximum Gasteiger partial charge on any atom is 0.276 e. The number of rotatable bonds is 8. The number of halogens is 1. The van der Waals surface area contributed by atoms with Gasteiger partial charge in [-0.15, -0.1) is 0 Å². The molecule has 0 radical (unpaired) electrons. The molecule has 1 N–H and O–H groups in total. The van der Waals surface area contributed by atoms with E-state index in [1.165, 1.54) is 23.9 Å². The first kappa shape index (κ1) is 25.5. The Labute approximate surface area is 212 Å². The third-order valence-electron chi connectivity index (χ3n) is 7.48. The molecule has 0 saturated carbocycles. The van der Waals surface area contributed by atoms with E-state index >= 15 is 0 Å². The maximum absolute atomic E-state index is 13.3. The normalized spacial score (nSPS) is 18.8. The lowest BCUT2D eigenvalue weighted by Crippen LogP contribution is -2.45. The van der Waals surface area contributed by atoms with Crippen LogP contribution in [0.1, 0.15) is 56.5 Å². The zero-order valence-electron chi connectivity index (χ0n) is 21.2. The zero-order chi connectivity index (χ0) is 25.1. The van der Waals surface area contributed by atoms with Gasteiger partial charge in [0.2, 0.25) is 5.91 Å². The standard InChI is InChI=1S/C27H36ClN5O2/c1-18-9-7-10-19(2)31(18)14-8-13-29-25(34)17-33-27(35)26-21(4)32(20(3)23(26)15-30-33)16-22-11-5-6-12-24(22)28/h5-6,11-12,15,18-19H,7-10,13-14,16-17H2,1-4H3,(H,29,34)/t18-,19-/m1/s1. The Morgan fingerprint density at radius 1 is 1.14 bits per heavy atom. The van der Waals surface area contributed by atoms with Crippen molar-refractivity contribution in [3.05, 3.63) is 62.8 Å². The summed E-state index contributed by atoms with van der Waals surface area (Å²) in [7, 11) is 0. The minimum atomic E-state index is -0.243. The van der Waals surface area contributed by atoms with E-state index in [4.69, 9.17) is 11.6 Å². The second-order valence-electron chi connectivity index (χ2n) is 9.81. The fourth-order valence-corrected chi connectivity index (χ4v) is 5.58. The Hall–Kier alpha value is -2.64. The first-order chi connectivity index (χ1) is 16.8. The predicted octanol–water partition coefficient (Wildman–Crippen LogP) is 4.29. The van der Waals surface area contributed by atoms with Crippen LogP contribution in [0.25, 0.3) is 10.8 Å². The number of hydrogen-bond donors (Lipinski definition) is 1. The molecule has 1 saturated heterocycles. The minimum absolute atomic E-state index is 0.0839. The van der Waals surface area contributed by atoms with E-state index in [9.17, 15) is 9.59 Å². The van der Waals surface area contributed by atoms with Crippen molar-refractivity contribution in [1.29, 1.82) is 0 Å². The minimum Gasteiger partial charge on any atom is -0.354 e. The lowest BCUT2D eigenvalue weighted by molar-refractivity contribution is -0.121. The summed E-state index contributed by atoms with van der Waals surface area (Å²) in [6.07, 6.45) is 6.36. The second-order valence-corrected chi connectivity index (χ2v) is 10.2. The molecule has 0 bridgehead atoms. The van der Waals surface area contributed by atoms with Crippen molar-refractivity contribution in [2.45, 2.75) is 78.6 Å². The number of piperidine rings is 1. The summed E-state index contributed by atoms with van der Waals surface area (Å²) in [6, 6.07) is 8.91. The molecule has 35 heavy (non-hydrogen) atoms. The van der Waals surface area contributed by atoms with Crippen LogP contribution in [0.4, 0.5) is 0 Å². The number of nitrogens with zero attached hydrogens (tertiary/aromatic N) is 4. The Kier molecular flexibility index (Phi) is 7.97. The molecule has 3 heterocycles. The van der Waals surface area contributed by atoms with Crippen molar-refractivity contribution in [2.24, 2.45) is 0 Å². The number of hydrogen-bond acceptors (Lipinski definition) is 4. The van der Waals surface area contributed by atoms with Gasteiger partial charge in [0.15, 0.2) is 0 Å². The van der Waals surface area contributed by atoms with Crippen molar-refractivity contribution in [3.63, 3.8) is 0 Å². The first-order valence-electron chi connectivity index (χ1n) is 12.6. The molecule has 2 atom stereocenters. The van der Waals surface area contributed by atoms with Gasteiger partial charge in [-0.1, -0.05) is 36.2 Å². The number of aromatic nitrogens is 3. The summed E-state index contributed by atoms with van der Waals surface area (Å²) < 4.78 is 3.35. The average molecular weight is 498 g/mol. The molecule has 4 rings (SSSR count). The van der Waals surface area contributed by atoms with Gasteiger partial charge < -0.3 is 9.88 Å². The van der Waals surface area contributed by atoms with Crippen LogP contribution in [0.3, 0.4) is 0 Å². The number of benzene rings is 1. The molecule has 1 amide bonds. The van der Waals surface area contributed by atoms with Crippen LogP contribution >= 0.6 is 11.6 Å². The fraction of sp³-hybridized carbons (Fsp3) is 0.519. The lowest BCUT2D eigenvalue weighted by atomic mass is 9.97. The highest BCUT2D eigenvalue weighted by molar-refractivity contribution is 6.31. The third-order valence-corrected chi connectivity index (χ3v) is 7.84. The van der Waals surface area contributed by atoms with E-state index in [0.717, 1.165) is 35.3 Å². The monoisotopic (exact) mass is 497 g/mol. The van der Waals surface area contributed by atoms with Crippen molar-refractivity contribution in [2.75, 3.05) is 13.1 Å². The Morgan fingerprint density at radius 2 is 1.86 bits per heavy atom. The van der Waals surface area contributed by atoms with Crippen LogP contribution in [0, 0.1) is 13.8 Å². The van der Waals surface area contributed by atoms with Crippen molar-refractivity contribution >= 4 is 28.3 Å². The molecule has 0 aliphatic carbocycles. The maximum atomic E-state index is 13.3. The second kappa shape index (κ2) is 11.0. The smallest absolute Gasteiger partial charge is 0.276 e. The topological polar surface area (TPSA) is 72.2 Å². The zero-order valence-corrected chi connectivity index (χ0v) is 21.9. The highest BCUT2D eigenvalue weighted by atomic mass is 35.5. The van der Waals surface area contributed by atoms with Gasteiger partial charge in [-0.2, -0.15) is 5.10 Å². The molecule has 8 heteroatoms. The number of fused-ring (bicyclic) bond motifs is 1. The molecular weight excluding hydrogens is 462 g/mol. The highest BCUT2D eigenvalue weighted by Crippen LogP contribution is 2.25. The first-order valence-corrected chi connectivity index (χ1v) is 13.0. The van der Waals surface area contributed by atoms with Gasteiger partial charge in [0.1, 0.15) is 6.54 Å². The van der Waals surface area contributed by atoms with Crippen molar-refractivity contribution < 1.29 is 4.79 Å². The number of likely N-dealkylation sites (tertiary alicyclic amines) is 1. The number of aryl methyl sites for hydroxylation is 2. The van der Waals surface area contributed by atoms with Crippen LogP contribution in [0.5, 0.6) is 0 Å². The van der Waals surface area contributed by atoms with E-state index in [2.05, 4.69) is 33.7 Å². The molecule has 7 nitrogen and oxygen atoms in total. The van der Waals surface area contributed by atoms with E-state index in [0.29, 0.717) is 35.6 Å². The van der Waals surface area contributed by atoms with Crippen molar-refractivity contribution in [3.8, 4) is 0 Å². The summed E-state index contributed by atoms with van der Waals surface area (Å²) in [6.45, 7) is 10.5. The number of nitrogens with one attached hydrogen (secondary N) is 1. The van der Waals surface area contributed by atoms with Gasteiger partial charge in [-0.05, 0) is 58.6 Å². The SMILES string of the molecule is Cc1c2cnn(CC(=O)NCCCN3[C@H](C)CCC[C@H]3C)c(=O)c2c(C)n1Cc1ccccc1Cl. The number of carbonyl (C=O) groups is 1. The van der Waals surface area contributed by atoms with E-state index < -0.39 is 0 Å². The van der Waals surface area contributed by atoms with E-state index in [1.54, 1.807) is 6.20 Å². The summed E-state index contributed by atoms with van der Waals surface area (Å²) in [5.41, 5.74) is 2.55. The van der Waals surface area contributed by atoms with Crippen LogP contribution in [0.15, 0.2) is 35.3 Å². The predicted molar refractivity (Wildman–Crippen MR) is 141 cm³/mol. The molecule has 1 aliphatic heterocycles. The Morgan fingerprint density at radius 3 is 2.57 bits per heavy atom. The molecule has 3 aromatic rings. The van der Waals surface area contributed by atoms with Gasteiger partial charge in [0.05, 0.1) is 11.6 Å². The van der Waals surface area contributed by atoms with Crippen molar-refractivity contribution in [1.82, 2.24) is 24.6 Å². The summed E-state index contributed by atoms with van der Waals surface area (Å²) >= 11 is 6.36. The number of carbonyl (C=O) groups excluding carboxylic acids is 1. The van der Waals surface area contributed by atoms with Gasteiger partial charge in [-0.25, -0.2) is 4.68 Å². The molecule has 1 aliphatic rings. The van der Waals surface area contributed by atoms with Gasteiger partial charge in [-0.3, -0.25) is 14.5 Å². The van der Waals surface area contributed by atoms with Gasteiger partial charge >= 0.3 is 0 Å². The molecule has 2 aromatic heterocycles. The van der Waals surface area contributed by atoms with Crippen LogP contribution in [0.2, 0.25) is 5.02 Å². The quantitative estimate of drug-likeness (QED) is 0.471. The number of amides is 1. The van der Waals surface area contributed by atoms with Crippen LogP contribution in [-0.2, 0) is 17.9 Å². The average Bonchev–Trinajstić information content (AvgIpc) is 3.06. The Balaban J connectivity index is 1.42. The summed E-state index contributed by atoms with van der Waals surface area (Å²) in [4.78, 5) is 28.4. The largest absolute Gasteiger partial charge is 0.354 e.